The average Bonchev–Trinajstić information content (AvgIpc) is 3.31. The Kier molecular flexibility index (Phi) is 8.46. The molecule has 6 nitrogen and oxygen atoms in total. The molecule has 1 atom stereocenters. The van der Waals surface area contributed by atoms with Crippen LogP contribution in [0.4, 0.5) is 5.69 Å². The first-order valence-electron chi connectivity index (χ1n) is 12.9. The van der Waals surface area contributed by atoms with Crippen molar-refractivity contribution in [2.24, 2.45) is 0 Å². The van der Waals surface area contributed by atoms with E-state index in [1.807, 2.05) is 18.2 Å². The molecule has 0 bridgehead atoms. The molecule has 6 heteroatoms. The third-order valence-corrected chi connectivity index (χ3v) is 6.94. The quantitative estimate of drug-likeness (QED) is 0.608. The van der Waals surface area contributed by atoms with Crippen LogP contribution in [0.3, 0.4) is 0 Å². The lowest BCUT2D eigenvalue weighted by atomic mass is 10.1. The summed E-state index contributed by atoms with van der Waals surface area (Å²) >= 11 is 0. The Labute approximate surface area is 204 Å². The Bertz CT molecular complexity index is 940. The predicted octanol–water partition coefficient (Wildman–Crippen LogP) is 4.01. The van der Waals surface area contributed by atoms with Gasteiger partial charge >= 0.3 is 0 Å². The van der Waals surface area contributed by atoms with E-state index in [1.165, 1.54) is 24.1 Å². The number of benzene rings is 2. The van der Waals surface area contributed by atoms with Gasteiger partial charge in [-0.05, 0) is 69.6 Å². The van der Waals surface area contributed by atoms with Crippen molar-refractivity contribution < 1.29 is 9.53 Å². The number of nitrogens with zero attached hydrogens (tertiary/aromatic N) is 3. The molecule has 4 rings (SSSR count). The molecular formula is C28H40N4O2. The van der Waals surface area contributed by atoms with Crippen LogP contribution in [0.25, 0.3) is 0 Å². The molecule has 34 heavy (non-hydrogen) atoms. The topological polar surface area (TPSA) is 48.1 Å². The number of ether oxygens (including phenoxy) is 1. The molecule has 2 aliphatic heterocycles. The summed E-state index contributed by atoms with van der Waals surface area (Å²) in [6.45, 7) is 14.0. The first-order chi connectivity index (χ1) is 16.5. The van der Waals surface area contributed by atoms with Gasteiger partial charge in [-0.1, -0.05) is 31.2 Å². The van der Waals surface area contributed by atoms with E-state index in [1.54, 1.807) is 0 Å². The smallest absolute Gasteiger partial charge is 0.251 e. The van der Waals surface area contributed by atoms with Crippen LogP contribution in [0, 0.1) is 0 Å². The van der Waals surface area contributed by atoms with Crippen LogP contribution in [-0.4, -0.2) is 73.7 Å². The number of amides is 1. The molecule has 0 saturated carbocycles. The molecule has 2 saturated heterocycles. The van der Waals surface area contributed by atoms with Crippen LogP contribution in [0.15, 0.2) is 48.5 Å². The number of hydrogen-bond acceptors (Lipinski definition) is 5. The Morgan fingerprint density at radius 2 is 1.85 bits per heavy atom. The highest BCUT2D eigenvalue weighted by Crippen LogP contribution is 2.30. The van der Waals surface area contributed by atoms with Gasteiger partial charge in [-0.15, -0.1) is 0 Å². The molecule has 0 aliphatic carbocycles. The second-order valence-electron chi connectivity index (χ2n) is 9.73. The molecule has 0 aromatic heterocycles. The fourth-order valence-electron chi connectivity index (χ4n) is 5.14. The van der Waals surface area contributed by atoms with Crippen molar-refractivity contribution in [3.63, 3.8) is 0 Å². The standard InChI is InChI=1S/C28H40N4O2/c1-4-31-14-8-11-25(31)20-29-28(33)24-10-7-9-23(19-24)21-30-15-17-32(18-16-30)26-12-5-6-13-27(26)34-22(2)3/h5-7,9-10,12-13,19,22,25H,4,8,11,14-18,20-21H2,1-3H3,(H,29,33). The summed E-state index contributed by atoms with van der Waals surface area (Å²) in [5.41, 5.74) is 3.14. The Balaban J connectivity index is 1.29. The average molecular weight is 465 g/mol. The lowest BCUT2D eigenvalue weighted by Gasteiger charge is -2.37. The summed E-state index contributed by atoms with van der Waals surface area (Å²) in [4.78, 5) is 20.1. The minimum Gasteiger partial charge on any atom is -0.489 e. The molecule has 2 aromatic rings. The van der Waals surface area contributed by atoms with Gasteiger partial charge in [0, 0.05) is 50.9 Å². The third-order valence-electron chi connectivity index (χ3n) is 6.94. The Morgan fingerprint density at radius 3 is 2.62 bits per heavy atom. The summed E-state index contributed by atoms with van der Waals surface area (Å²) in [5, 5.41) is 3.17. The van der Waals surface area contributed by atoms with E-state index in [0.29, 0.717) is 6.04 Å². The summed E-state index contributed by atoms with van der Waals surface area (Å²) in [7, 11) is 0. The molecule has 2 aliphatic rings. The molecular weight excluding hydrogens is 424 g/mol. The van der Waals surface area contributed by atoms with Gasteiger partial charge < -0.3 is 15.0 Å². The Hall–Kier alpha value is -2.57. The lowest BCUT2D eigenvalue weighted by Crippen LogP contribution is -2.46. The number of likely N-dealkylation sites (N-methyl/N-ethyl adjacent to an activating group) is 1. The van der Waals surface area contributed by atoms with Crippen LogP contribution in [0.1, 0.15) is 49.5 Å². The molecule has 1 unspecified atom stereocenters. The molecule has 2 fully saturated rings. The van der Waals surface area contributed by atoms with Gasteiger partial charge in [0.05, 0.1) is 11.8 Å². The highest BCUT2D eigenvalue weighted by Gasteiger charge is 2.24. The van der Waals surface area contributed by atoms with E-state index < -0.39 is 0 Å². The zero-order valence-corrected chi connectivity index (χ0v) is 21.0. The van der Waals surface area contributed by atoms with Crippen LogP contribution in [0.2, 0.25) is 0 Å². The van der Waals surface area contributed by atoms with Crippen molar-refractivity contribution in [2.45, 2.75) is 52.3 Å². The first-order valence-corrected chi connectivity index (χ1v) is 12.9. The monoisotopic (exact) mass is 464 g/mol. The number of nitrogens with one attached hydrogen (secondary N) is 1. The first kappa shape index (κ1) is 24.6. The molecule has 1 amide bonds. The van der Waals surface area contributed by atoms with Crippen LogP contribution < -0.4 is 15.0 Å². The zero-order chi connectivity index (χ0) is 23.9. The van der Waals surface area contributed by atoms with Gasteiger partial charge in [-0.3, -0.25) is 14.6 Å². The number of carbonyl (C=O) groups is 1. The number of para-hydroxylation sites is 2. The molecule has 184 valence electrons. The fraction of sp³-hybridized carbons (Fsp3) is 0.536. The van der Waals surface area contributed by atoms with Gasteiger partial charge in [0.1, 0.15) is 5.75 Å². The number of rotatable bonds is 9. The minimum absolute atomic E-state index is 0.0383. The number of anilines is 1. The van der Waals surface area contributed by atoms with Crippen molar-refractivity contribution in [3.8, 4) is 5.75 Å². The van der Waals surface area contributed by atoms with Gasteiger partial charge in [0.2, 0.25) is 0 Å². The summed E-state index contributed by atoms with van der Waals surface area (Å²) in [5.74, 6) is 1.00. The Morgan fingerprint density at radius 1 is 1.06 bits per heavy atom. The number of piperazine rings is 1. The van der Waals surface area contributed by atoms with Gasteiger partial charge in [-0.2, -0.15) is 0 Å². The number of carbonyl (C=O) groups excluding carboxylic acids is 1. The highest BCUT2D eigenvalue weighted by molar-refractivity contribution is 5.94. The molecule has 1 N–H and O–H groups in total. The SMILES string of the molecule is CCN1CCCC1CNC(=O)c1cccc(CN2CCN(c3ccccc3OC(C)C)CC2)c1. The summed E-state index contributed by atoms with van der Waals surface area (Å²) in [6, 6.07) is 16.9. The highest BCUT2D eigenvalue weighted by atomic mass is 16.5. The maximum absolute atomic E-state index is 12.8. The van der Waals surface area contributed by atoms with E-state index in [-0.39, 0.29) is 12.0 Å². The van der Waals surface area contributed by atoms with Gasteiger partial charge in [0.25, 0.3) is 5.91 Å². The van der Waals surface area contributed by atoms with Crippen molar-refractivity contribution in [1.82, 2.24) is 15.1 Å². The van der Waals surface area contributed by atoms with Crippen LogP contribution in [0.5, 0.6) is 5.75 Å². The van der Waals surface area contributed by atoms with Crippen molar-refractivity contribution in [1.29, 1.82) is 0 Å². The second kappa shape index (κ2) is 11.7. The minimum atomic E-state index is 0.0383. The molecule has 0 radical (unpaired) electrons. The predicted molar refractivity (Wildman–Crippen MR) is 139 cm³/mol. The van der Waals surface area contributed by atoms with Gasteiger partial charge in [0.15, 0.2) is 0 Å². The zero-order valence-electron chi connectivity index (χ0n) is 21.0. The normalized spacial score (nSPS) is 19.5. The number of likely N-dealkylation sites (tertiary alicyclic amines) is 1. The van der Waals surface area contributed by atoms with Crippen LogP contribution in [-0.2, 0) is 6.54 Å². The number of hydrogen-bond donors (Lipinski definition) is 1. The second-order valence-corrected chi connectivity index (χ2v) is 9.73. The van der Waals surface area contributed by atoms with E-state index in [2.05, 4.69) is 71.1 Å². The van der Waals surface area contributed by atoms with Crippen LogP contribution >= 0.6 is 0 Å². The van der Waals surface area contributed by atoms with Crippen molar-refractivity contribution >= 4 is 11.6 Å². The maximum atomic E-state index is 12.8. The lowest BCUT2D eigenvalue weighted by molar-refractivity contribution is 0.0941. The van der Waals surface area contributed by atoms with Crippen molar-refractivity contribution in [2.75, 3.05) is 50.7 Å². The van der Waals surface area contributed by atoms with E-state index in [4.69, 9.17) is 4.74 Å². The summed E-state index contributed by atoms with van der Waals surface area (Å²) < 4.78 is 6.03. The maximum Gasteiger partial charge on any atom is 0.251 e. The van der Waals surface area contributed by atoms with E-state index in [0.717, 1.165) is 63.7 Å². The van der Waals surface area contributed by atoms with Gasteiger partial charge in [-0.25, -0.2) is 0 Å². The van der Waals surface area contributed by atoms with E-state index >= 15 is 0 Å². The largest absolute Gasteiger partial charge is 0.489 e. The molecule has 2 aromatic carbocycles. The van der Waals surface area contributed by atoms with Crippen molar-refractivity contribution in [3.05, 3.63) is 59.7 Å². The molecule has 2 heterocycles. The molecule has 0 spiro atoms. The third kappa shape index (κ3) is 6.30. The summed E-state index contributed by atoms with van der Waals surface area (Å²) in [6.07, 6.45) is 2.57. The fourth-order valence-corrected chi connectivity index (χ4v) is 5.14. The van der Waals surface area contributed by atoms with E-state index in [9.17, 15) is 4.79 Å².